The lowest BCUT2D eigenvalue weighted by Crippen LogP contribution is -2.61. The fourth-order valence-corrected chi connectivity index (χ4v) is 5.09. The molecule has 3 rings (SSSR count). The van der Waals surface area contributed by atoms with Gasteiger partial charge in [0, 0.05) is 33.0 Å². The molecule has 0 aromatic carbocycles. The first-order chi connectivity index (χ1) is 17.4. The summed E-state index contributed by atoms with van der Waals surface area (Å²) >= 11 is 0. The van der Waals surface area contributed by atoms with Crippen LogP contribution in [0.25, 0.3) is 0 Å². The van der Waals surface area contributed by atoms with Crippen molar-refractivity contribution in [1.29, 1.82) is 0 Å². The quantitative estimate of drug-likeness (QED) is 0.482. The highest BCUT2D eigenvalue weighted by atomic mass is 32.2. The monoisotopic (exact) mass is 537 g/mol. The number of hydrogen-bond donors (Lipinski definition) is 2. The molecular weight excluding hydrogens is 498 g/mol. The number of rotatable bonds is 8. The summed E-state index contributed by atoms with van der Waals surface area (Å²) in [5.74, 6) is 0.676. The molecule has 3 heterocycles. The number of carbonyl (C=O) groups is 1. The van der Waals surface area contributed by atoms with Gasteiger partial charge in [0.25, 0.3) is 0 Å². The number of urea groups is 1. The summed E-state index contributed by atoms with van der Waals surface area (Å²) in [5.41, 5.74) is 1.97. The lowest BCUT2D eigenvalue weighted by atomic mass is 9.97. The minimum absolute atomic E-state index is 0.0182. The summed E-state index contributed by atoms with van der Waals surface area (Å²) in [6.45, 7) is 15.5. The number of pyridine rings is 1. The molecule has 12 nitrogen and oxygen atoms in total. The van der Waals surface area contributed by atoms with E-state index in [0.717, 1.165) is 18.7 Å². The van der Waals surface area contributed by atoms with Gasteiger partial charge in [-0.1, -0.05) is 27.7 Å². The Kier molecular flexibility index (Phi) is 9.16. The zero-order valence-electron chi connectivity index (χ0n) is 22.7. The molecule has 2 aliphatic rings. The molecule has 2 fully saturated rings. The molecule has 2 atom stereocenters. The number of likely N-dealkylation sites (tertiary alicyclic amines) is 1. The van der Waals surface area contributed by atoms with Crippen LogP contribution in [0.2, 0.25) is 0 Å². The first kappa shape index (κ1) is 28.8. The second kappa shape index (κ2) is 11.8. The second-order valence-corrected chi connectivity index (χ2v) is 11.7. The van der Waals surface area contributed by atoms with Crippen LogP contribution in [-0.2, 0) is 19.4 Å². The molecule has 37 heavy (non-hydrogen) atoms. The van der Waals surface area contributed by atoms with Crippen molar-refractivity contribution in [3.63, 3.8) is 0 Å². The van der Waals surface area contributed by atoms with Gasteiger partial charge < -0.3 is 19.5 Å². The van der Waals surface area contributed by atoms with Crippen LogP contribution in [0.3, 0.4) is 0 Å². The number of anilines is 1. The number of aromatic nitrogens is 1. The third kappa shape index (κ3) is 6.40. The highest BCUT2D eigenvalue weighted by molar-refractivity contribution is 7.95. The number of methoxy groups -OCH3 is 2. The number of hydrazone groups is 1. The molecule has 2 aliphatic heterocycles. The molecule has 0 radical (unpaired) electrons. The Balaban J connectivity index is 1.86. The lowest BCUT2D eigenvalue weighted by Gasteiger charge is -2.46. The van der Waals surface area contributed by atoms with Crippen molar-refractivity contribution in [2.24, 2.45) is 14.6 Å². The molecule has 1 aromatic rings. The largest absolute Gasteiger partial charge is 0.481 e. The zero-order valence-corrected chi connectivity index (χ0v) is 23.5. The van der Waals surface area contributed by atoms with Gasteiger partial charge in [0.15, 0.2) is 0 Å². The third-order valence-electron chi connectivity index (χ3n) is 6.55. The van der Waals surface area contributed by atoms with Crippen molar-refractivity contribution in [3.8, 4) is 5.88 Å². The van der Waals surface area contributed by atoms with Crippen LogP contribution in [0, 0.1) is 0 Å². The Morgan fingerprint density at radius 3 is 2.49 bits per heavy atom. The van der Waals surface area contributed by atoms with Crippen molar-refractivity contribution in [3.05, 3.63) is 28.1 Å². The Labute approximate surface area is 219 Å². The van der Waals surface area contributed by atoms with E-state index in [0.29, 0.717) is 30.4 Å². The molecule has 2 amide bonds. The molecule has 3 N–H and O–H groups in total. The molecule has 0 spiro atoms. The van der Waals surface area contributed by atoms with Crippen LogP contribution in [0.5, 0.6) is 5.88 Å². The summed E-state index contributed by atoms with van der Waals surface area (Å²) < 4.78 is 33.8. The minimum atomic E-state index is -3.63. The number of hydrogen-bond acceptors (Lipinski definition) is 9. The average Bonchev–Trinajstić information content (AvgIpc) is 2.82. The van der Waals surface area contributed by atoms with Gasteiger partial charge in [0.1, 0.15) is 16.5 Å². The number of nitrogens with one attached hydrogen (secondary N) is 1. The number of carbonyl (C=O) groups excluding carboxylic acids is 1. The number of amides is 2. The lowest BCUT2D eigenvalue weighted by molar-refractivity contribution is -0.0892. The van der Waals surface area contributed by atoms with Crippen molar-refractivity contribution in [2.75, 3.05) is 45.8 Å². The molecule has 0 aliphatic carbocycles. The van der Waals surface area contributed by atoms with Gasteiger partial charge >= 0.3 is 6.03 Å². The zero-order chi connectivity index (χ0) is 27.5. The predicted octanol–water partition coefficient (Wildman–Crippen LogP) is 3.05. The fourth-order valence-electron chi connectivity index (χ4n) is 4.25. The number of allylic oxidation sites excluding steroid dienone is 1. The van der Waals surface area contributed by atoms with Crippen LogP contribution in [0.4, 0.5) is 10.5 Å². The van der Waals surface area contributed by atoms with Crippen LogP contribution < -0.4 is 15.2 Å². The highest BCUT2D eigenvalue weighted by Crippen LogP contribution is 2.34. The Morgan fingerprint density at radius 1 is 1.27 bits per heavy atom. The maximum Gasteiger partial charge on any atom is 0.354 e. The number of ether oxygens (including phenoxy) is 3. The molecule has 0 bridgehead atoms. The van der Waals surface area contributed by atoms with Gasteiger partial charge in [-0.2, -0.15) is 5.10 Å². The van der Waals surface area contributed by atoms with Gasteiger partial charge in [-0.3, -0.25) is 4.90 Å². The van der Waals surface area contributed by atoms with E-state index in [1.54, 1.807) is 20.3 Å². The first-order valence-corrected chi connectivity index (χ1v) is 13.8. The van der Waals surface area contributed by atoms with Crippen LogP contribution >= 0.6 is 0 Å². The van der Waals surface area contributed by atoms with Gasteiger partial charge in [0.05, 0.1) is 42.1 Å². The van der Waals surface area contributed by atoms with Crippen molar-refractivity contribution in [2.45, 2.75) is 58.6 Å². The van der Waals surface area contributed by atoms with Gasteiger partial charge in [-0.15, -0.1) is 4.36 Å². The molecule has 2 saturated heterocycles. The molecule has 206 valence electrons. The maximum absolute atomic E-state index is 13.4. The summed E-state index contributed by atoms with van der Waals surface area (Å²) in [6.07, 6.45) is 0.206. The van der Waals surface area contributed by atoms with Gasteiger partial charge in [-0.05, 0) is 24.3 Å². The average molecular weight is 538 g/mol. The predicted molar refractivity (Wildman–Crippen MR) is 144 cm³/mol. The van der Waals surface area contributed by atoms with Crippen LogP contribution in [0.15, 0.2) is 26.3 Å². The van der Waals surface area contributed by atoms with Gasteiger partial charge in [0.2, 0.25) is 11.8 Å². The number of nitrogens with two attached hydrogens (primary N) is 1. The third-order valence-corrected chi connectivity index (χ3v) is 8.04. The van der Waals surface area contributed by atoms with Crippen molar-refractivity contribution >= 4 is 28.4 Å². The van der Waals surface area contributed by atoms with Crippen LogP contribution in [-0.4, -0.2) is 84.5 Å². The van der Waals surface area contributed by atoms with E-state index in [2.05, 4.69) is 31.4 Å². The molecular formula is C24H39N7O5S. The van der Waals surface area contributed by atoms with E-state index in [4.69, 9.17) is 19.3 Å². The van der Waals surface area contributed by atoms with E-state index in [-0.39, 0.29) is 34.8 Å². The van der Waals surface area contributed by atoms with Crippen molar-refractivity contribution < 1.29 is 23.2 Å². The Bertz CT molecular complexity index is 1140. The van der Waals surface area contributed by atoms with E-state index in [1.165, 1.54) is 11.9 Å². The smallest absolute Gasteiger partial charge is 0.354 e. The summed E-state index contributed by atoms with van der Waals surface area (Å²) in [4.78, 5) is 19.8. The fraction of sp³-hybridized carbons (Fsp3) is 0.625. The molecule has 2 unspecified atom stereocenters. The molecule has 1 aromatic heterocycles. The van der Waals surface area contributed by atoms with Gasteiger partial charge in [-0.25, -0.2) is 24.1 Å². The summed E-state index contributed by atoms with van der Waals surface area (Å²) in [5, 5.41) is 14.4. The Hall–Kier alpha value is -2.74. The summed E-state index contributed by atoms with van der Waals surface area (Å²) in [6, 6.07) is 0.988. The van der Waals surface area contributed by atoms with E-state index in [9.17, 15) is 9.00 Å². The standard InChI is InChI=1S/C24H39N7O5S/c1-14(2)19-9-20(35-8)27-21(15(3)4)22(19)28-24(32)29-37(25,33)16(5)23-31(26-6)10-17(13-36-23)30-11-18(12-30)34-7/h9,14-15,17-18H,6,10-13H2,1-5,7-8H3,(H3,25,28,29,32,33)/b23-16-. The number of nitrogens with zero attached hydrogens (tertiary/aromatic N) is 5. The SMILES string of the molecule is C=NN1CC(N2CC(OC)C2)CO/C1=C(/C)S(N)(=O)=NC(=O)Nc1c(C(C)C)cc(OC)nc1C(C)C. The first-order valence-electron chi connectivity index (χ1n) is 12.2. The normalized spacial score (nSPS) is 21.7. The maximum atomic E-state index is 13.4. The Morgan fingerprint density at radius 2 is 1.95 bits per heavy atom. The highest BCUT2D eigenvalue weighted by Gasteiger charge is 2.37. The molecule has 0 saturated carbocycles. The van der Waals surface area contributed by atoms with E-state index < -0.39 is 15.9 Å². The van der Waals surface area contributed by atoms with E-state index >= 15 is 0 Å². The van der Waals surface area contributed by atoms with E-state index in [1.807, 2.05) is 27.7 Å². The summed E-state index contributed by atoms with van der Waals surface area (Å²) in [7, 11) is -0.400. The minimum Gasteiger partial charge on any atom is -0.481 e. The van der Waals surface area contributed by atoms with Crippen molar-refractivity contribution in [1.82, 2.24) is 14.9 Å². The topological polar surface area (TPSA) is 144 Å². The second-order valence-electron chi connectivity index (χ2n) is 9.77. The molecule has 13 heteroatoms. The van der Waals surface area contributed by atoms with Crippen LogP contribution in [0.1, 0.15) is 57.7 Å².